The van der Waals surface area contributed by atoms with Gasteiger partial charge in [-0.15, -0.1) is 0 Å². The van der Waals surface area contributed by atoms with E-state index in [4.69, 9.17) is 25.3 Å². The van der Waals surface area contributed by atoms with Crippen LogP contribution in [0.3, 0.4) is 0 Å². The third-order valence-electron chi connectivity index (χ3n) is 9.13. The first-order valence-electron chi connectivity index (χ1n) is 16.6. The minimum absolute atomic E-state index is 0.0706. The lowest BCUT2D eigenvalue weighted by Gasteiger charge is -2.49. The summed E-state index contributed by atoms with van der Waals surface area (Å²) in [4.78, 5) is 28.3. The van der Waals surface area contributed by atoms with Gasteiger partial charge in [0.1, 0.15) is 13.3 Å². The first-order valence-corrected chi connectivity index (χ1v) is 16.6. The van der Waals surface area contributed by atoms with Crippen molar-refractivity contribution < 1.29 is 19.6 Å². The van der Waals surface area contributed by atoms with Crippen molar-refractivity contribution >= 4 is 17.3 Å². The van der Waals surface area contributed by atoms with Gasteiger partial charge in [0.2, 0.25) is 5.90 Å². The molecule has 8 nitrogen and oxygen atoms in total. The fraction of sp³-hybridized carbons (Fsp3) is 0.375. The van der Waals surface area contributed by atoms with E-state index in [1.54, 1.807) is 6.92 Å². The van der Waals surface area contributed by atoms with Crippen LogP contribution in [0.2, 0.25) is 0 Å². The number of para-hydroxylation sites is 1. The maximum absolute atomic E-state index is 5.82. The second-order valence-corrected chi connectivity index (χ2v) is 13.8. The van der Waals surface area contributed by atoms with Gasteiger partial charge in [-0.05, 0) is 103 Å². The summed E-state index contributed by atoms with van der Waals surface area (Å²) in [7, 11) is 0. The van der Waals surface area contributed by atoms with Crippen molar-refractivity contribution in [3.8, 4) is 5.75 Å². The van der Waals surface area contributed by atoms with Crippen molar-refractivity contribution in [3.63, 3.8) is 0 Å². The highest BCUT2D eigenvalue weighted by molar-refractivity contribution is 5.76. The molecule has 0 atom stereocenters. The molecule has 0 unspecified atom stereocenters. The summed E-state index contributed by atoms with van der Waals surface area (Å²) in [6.45, 7) is 19.9. The van der Waals surface area contributed by atoms with Gasteiger partial charge < -0.3 is 11.1 Å². The number of nitrogens with two attached hydrogens (primary N) is 1. The first-order chi connectivity index (χ1) is 23.0. The molecule has 3 N–H and O–H groups in total. The summed E-state index contributed by atoms with van der Waals surface area (Å²) in [5.41, 5.74) is 17.0. The topological polar surface area (TPSA) is 90.6 Å². The van der Waals surface area contributed by atoms with Crippen LogP contribution in [0.4, 0.5) is 11.4 Å². The summed E-state index contributed by atoms with van der Waals surface area (Å²) in [6, 6.07) is 27.7. The molecular formula is C40H50N4O4. The van der Waals surface area contributed by atoms with Gasteiger partial charge in [0.25, 0.3) is 0 Å². The monoisotopic (exact) mass is 650 g/mol. The van der Waals surface area contributed by atoms with E-state index in [0.717, 1.165) is 43.1 Å². The molecule has 2 fully saturated rings. The molecule has 0 amide bonds. The fourth-order valence-electron chi connectivity index (χ4n) is 7.35. The fourth-order valence-corrected chi connectivity index (χ4v) is 7.35. The number of hydrogen-bond donors (Lipinski definition) is 2. The molecule has 0 radical (unpaired) electrons. The number of anilines is 1. The molecule has 6 rings (SSSR count). The van der Waals surface area contributed by atoms with Crippen LogP contribution in [0.15, 0.2) is 89.9 Å². The molecule has 2 saturated heterocycles. The molecule has 0 aliphatic carbocycles. The normalized spacial score (nSPS) is 16.6. The van der Waals surface area contributed by atoms with Crippen LogP contribution < -0.4 is 15.9 Å². The largest absolute Gasteiger partial charge is 0.399 e. The summed E-state index contributed by atoms with van der Waals surface area (Å²) >= 11 is 0. The quantitative estimate of drug-likeness (QED) is 0.0452. The van der Waals surface area contributed by atoms with E-state index < -0.39 is 0 Å². The summed E-state index contributed by atoms with van der Waals surface area (Å²) < 4.78 is 0. The molecule has 2 aliphatic heterocycles. The maximum Gasteiger partial charge on any atom is 0.243 e. The molecule has 2 heterocycles. The van der Waals surface area contributed by atoms with Gasteiger partial charge in [0.05, 0.1) is 5.69 Å². The molecule has 0 saturated carbocycles. The molecule has 4 aromatic rings. The number of rotatable bonds is 10. The second kappa shape index (κ2) is 15.3. The Hall–Kier alpha value is -4.21. The Morgan fingerprint density at radius 3 is 1.88 bits per heavy atom. The van der Waals surface area contributed by atoms with E-state index >= 15 is 0 Å². The van der Waals surface area contributed by atoms with Crippen molar-refractivity contribution in [2.45, 2.75) is 65.9 Å². The molecule has 0 aromatic heterocycles. The lowest BCUT2D eigenvalue weighted by atomic mass is 9.72. The molecule has 4 aromatic carbocycles. The number of nitrogens with one attached hydrogen (secondary N) is 1. The van der Waals surface area contributed by atoms with Gasteiger partial charge in [-0.1, -0.05) is 62.4 Å². The van der Waals surface area contributed by atoms with E-state index in [1.807, 2.05) is 60.7 Å². The summed E-state index contributed by atoms with van der Waals surface area (Å²) in [5.74, 6) is 1.08. The van der Waals surface area contributed by atoms with Crippen LogP contribution in [0.25, 0.3) is 0 Å². The number of benzene rings is 4. The van der Waals surface area contributed by atoms with Crippen LogP contribution in [-0.2, 0) is 32.1 Å². The van der Waals surface area contributed by atoms with Gasteiger partial charge in [-0.2, -0.15) is 0 Å². The average molecular weight is 651 g/mol. The zero-order valence-corrected chi connectivity index (χ0v) is 29.4. The molecule has 8 heteroatoms. The van der Waals surface area contributed by atoms with Gasteiger partial charge >= 0.3 is 0 Å². The van der Waals surface area contributed by atoms with Crippen LogP contribution >= 0.6 is 0 Å². The van der Waals surface area contributed by atoms with E-state index in [-0.39, 0.29) is 5.41 Å². The average Bonchev–Trinajstić information content (AvgIpc) is 3.01. The Morgan fingerprint density at radius 1 is 0.771 bits per heavy atom. The van der Waals surface area contributed by atoms with Gasteiger partial charge in [-0.25, -0.2) is 14.8 Å². The van der Waals surface area contributed by atoms with E-state index in [2.05, 4.69) is 81.0 Å². The van der Waals surface area contributed by atoms with Crippen LogP contribution in [-0.4, -0.2) is 43.7 Å². The third-order valence-corrected chi connectivity index (χ3v) is 9.13. The Morgan fingerprint density at radius 2 is 1.31 bits per heavy atom. The molecule has 0 spiro atoms. The predicted octanol–water partition coefficient (Wildman–Crippen LogP) is 7.79. The minimum Gasteiger partial charge on any atom is -0.399 e. The van der Waals surface area contributed by atoms with Crippen LogP contribution in [0.5, 0.6) is 5.75 Å². The van der Waals surface area contributed by atoms with Gasteiger partial charge in [-0.3, -0.25) is 14.7 Å². The number of aliphatic imine (C=N–C) groups is 1. The molecule has 254 valence electrons. The van der Waals surface area contributed by atoms with Crippen molar-refractivity contribution in [1.29, 1.82) is 0 Å². The van der Waals surface area contributed by atoms with Crippen molar-refractivity contribution in [1.82, 2.24) is 10.2 Å². The lowest BCUT2D eigenvalue weighted by molar-refractivity contribution is -0.330. The Balaban J connectivity index is 0.000000267. The third kappa shape index (κ3) is 8.62. The van der Waals surface area contributed by atoms with E-state index in [1.165, 1.54) is 33.4 Å². The number of nitrogens with zero attached hydrogens (tertiary/aromatic N) is 2. The van der Waals surface area contributed by atoms with Crippen LogP contribution in [0, 0.1) is 27.7 Å². The smallest absolute Gasteiger partial charge is 0.243 e. The predicted molar refractivity (Wildman–Crippen MR) is 193 cm³/mol. The summed E-state index contributed by atoms with van der Waals surface area (Å²) in [5, 5.41) is 3.34. The van der Waals surface area contributed by atoms with Crippen molar-refractivity contribution in [2.75, 3.05) is 38.6 Å². The first kappa shape index (κ1) is 35.1. The van der Waals surface area contributed by atoms with E-state index in [9.17, 15) is 0 Å². The Labute approximate surface area is 285 Å². The standard InChI is InChI=1S/C28H32N2O4.C12H18N2/c1-21-15-25(29-23(3)33-34-26-13-9-6-10-14-26)16-22(2)27(21)28(4)18-30(19-28)20-32-31-17-24-11-7-5-8-12-24;1-8-4-10(13)5-9(2)11(8)12(3)6-14-7-12/h5-16H,17-20H2,1-4H3;4-5,14H,6-7,13H2,1-3H3. The minimum atomic E-state index is 0.0706. The molecular weight excluding hydrogens is 600 g/mol. The molecule has 48 heavy (non-hydrogen) atoms. The molecule has 0 bridgehead atoms. The number of hydrogen-bond acceptors (Lipinski definition) is 8. The highest BCUT2D eigenvalue weighted by atomic mass is 17.2. The van der Waals surface area contributed by atoms with Gasteiger partial charge in [0.15, 0.2) is 5.75 Å². The zero-order valence-electron chi connectivity index (χ0n) is 29.4. The Bertz CT molecular complexity index is 1650. The van der Waals surface area contributed by atoms with Gasteiger partial charge in [0, 0.05) is 49.6 Å². The number of likely N-dealkylation sites (tertiary alicyclic amines) is 1. The summed E-state index contributed by atoms with van der Waals surface area (Å²) in [6.07, 6.45) is 0. The zero-order chi connectivity index (χ0) is 34.3. The highest BCUT2D eigenvalue weighted by Crippen LogP contribution is 2.39. The number of aryl methyl sites for hydroxylation is 4. The lowest BCUT2D eigenvalue weighted by Crippen LogP contribution is -2.58. The van der Waals surface area contributed by atoms with Crippen LogP contribution in [0.1, 0.15) is 59.7 Å². The SMILES string of the molecule is CC(=Nc1cc(C)c(C2(C)CN(COOCc3ccccc3)C2)c(C)c1)OOc1ccccc1.Cc1cc(N)cc(C)c1C1(C)CNC1. The maximum atomic E-state index is 5.82. The second-order valence-electron chi connectivity index (χ2n) is 13.8. The highest BCUT2D eigenvalue weighted by Gasteiger charge is 2.42. The molecule has 2 aliphatic rings. The van der Waals surface area contributed by atoms with E-state index in [0.29, 0.717) is 30.4 Å². The number of nitrogen functional groups attached to an aromatic ring is 1. The Kier molecular flexibility index (Phi) is 11.2. The van der Waals surface area contributed by atoms with Crippen molar-refractivity contribution in [2.24, 2.45) is 4.99 Å². The van der Waals surface area contributed by atoms with Crippen molar-refractivity contribution in [3.05, 3.63) is 124 Å².